The molecule has 1 aliphatic heterocycles. The van der Waals surface area contributed by atoms with Crippen molar-refractivity contribution in [3.63, 3.8) is 0 Å². The van der Waals surface area contributed by atoms with Crippen LogP contribution < -0.4 is 10.1 Å². The highest BCUT2D eigenvalue weighted by molar-refractivity contribution is 5.79. The standard InChI is InChI=1S/C23H29FN2O2/c1-17-5-3-4-6-22(17)28-16-18(2)25-23(27)20-11-13-26(14-12-20)15-19-7-9-21(24)10-8-19/h3-10,18,20H,11-16H2,1-2H3,(H,25,27)/t18-/m0/s1. The van der Waals surface area contributed by atoms with E-state index in [2.05, 4.69) is 10.2 Å². The van der Waals surface area contributed by atoms with Crippen LogP contribution in [0.2, 0.25) is 0 Å². The van der Waals surface area contributed by atoms with Crippen LogP contribution in [0.25, 0.3) is 0 Å². The van der Waals surface area contributed by atoms with Crippen molar-refractivity contribution in [1.82, 2.24) is 10.2 Å². The average Bonchev–Trinajstić information content (AvgIpc) is 2.69. The van der Waals surface area contributed by atoms with Crippen LogP contribution in [-0.2, 0) is 11.3 Å². The Bertz CT molecular complexity index is 770. The van der Waals surface area contributed by atoms with E-state index in [0.29, 0.717) is 6.61 Å². The summed E-state index contributed by atoms with van der Waals surface area (Å²) in [5, 5.41) is 3.09. The number of piperidine rings is 1. The molecule has 150 valence electrons. The fourth-order valence-corrected chi connectivity index (χ4v) is 3.54. The van der Waals surface area contributed by atoms with Crippen molar-refractivity contribution in [3.05, 3.63) is 65.5 Å². The summed E-state index contributed by atoms with van der Waals surface area (Å²) < 4.78 is 18.8. The maximum atomic E-state index is 13.0. The van der Waals surface area contributed by atoms with Gasteiger partial charge in [-0.25, -0.2) is 4.39 Å². The molecule has 0 saturated carbocycles. The highest BCUT2D eigenvalue weighted by Crippen LogP contribution is 2.20. The van der Waals surface area contributed by atoms with Crippen LogP contribution in [0.3, 0.4) is 0 Å². The molecule has 1 heterocycles. The van der Waals surface area contributed by atoms with E-state index in [9.17, 15) is 9.18 Å². The van der Waals surface area contributed by atoms with Crippen molar-refractivity contribution in [2.75, 3.05) is 19.7 Å². The number of ether oxygens (including phenoxy) is 1. The van der Waals surface area contributed by atoms with Gasteiger partial charge in [0.25, 0.3) is 0 Å². The van der Waals surface area contributed by atoms with Gasteiger partial charge in [-0.1, -0.05) is 30.3 Å². The number of aryl methyl sites for hydroxylation is 1. The second-order valence-electron chi connectivity index (χ2n) is 7.66. The first-order valence-electron chi connectivity index (χ1n) is 9.97. The number of likely N-dealkylation sites (tertiary alicyclic amines) is 1. The number of hydrogen-bond donors (Lipinski definition) is 1. The Morgan fingerprint density at radius 1 is 1.18 bits per heavy atom. The highest BCUT2D eigenvalue weighted by Gasteiger charge is 2.25. The molecule has 0 radical (unpaired) electrons. The topological polar surface area (TPSA) is 41.6 Å². The van der Waals surface area contributed by atoms with Crippen LogP contribution in [0, 0.1) is 18.7 Å². The van der Waals surface area contributed by atoms with Crippen LogP contribution >= 0.6 is 0 Å². The number of carbonyl (C=O) groups excluding carboxylic acids is 1. The zero-order valence-electron chi connectivity index (χ0n) is 16.7. The van der Waals surface area contributed by atoms with Gasteiger partial charge in [-0.15, -0.1) is 0 Å². The zero-order chi connectivity index (χ0) is 19.9. The maximum absolute atomic E-state index is 13.0. The van der Waals surface area contributed by atoms with E-state index in [1.807, 2.05) is 50.2 Å². The van der Waals surface area contributed by atoms with Crippen LogP contribution in [0.1, 0.15) is 30.9 Å². The number of carbonyl (C=O) groups is 1. The quantitative estimate of drug-likeness (QED) is 0.786. The van der Waals surface area contributed by atoms with Gasteiger partial charge in [-0.3, -0.25) is 9.69 Å². The first-order chi connectivity index (χ1) is 13.5. The molecule has 0 unspecified atom stereocenters. The minimum atomic E-state index is -0.209. The third-order valence-electron chi connectivity index (χ3n) is 5.25. The first kappa shape index (κ1) is 20.3. The van der Waals surface area contributed by atoms with E-state index in [4.69, 9.17) is 4.74 Å². The molecule has 2 aromatic carbocycles. The first-order valence-corrected chi connectivity index (χ1v) is 9.97. The molecule has 1 fully saturated rings. The summed E-state index contributed by atoms with van der Waals surface area (Å²) in [4.78, 5) is 14.9. The van der Waals surface area contributed by atoms with Gasteiger partial charge >= 0.3 is 0 Å². The van der Waals surface area contributed by atoms with Crippen molar-refractivity contribution >= 4 is 5.91 Å². The monoisotopic (exact) mass is 384 g/mol. The van der Waals surface area contributed by atoms with Gasteiger partial charge in [0.05, 0.1) is 6.04 Å². The average molecular weight is 384 g/mol. The smallest absolute Gasteiger partial charge is 0.223 e. The molecule has 0 bridgehead atoms. The Balaban J connectivity index is 1.39. The van der Waals surface area contributed by atoms with Gasteiger partial charge in [0.15, 0.2) is 0 Å². The Labute approximate surface area is 166 Å². The number of nitrogens with one attached hydrogen (secondary N) is 1. The Hall–Kier alpha value is -2.40. The lowest BCUT2D eigenvalue weighted by Gasteiger charge is -2.31. The second kappa shape index (κ2) is 9.69. The number of benzene rings is 2. The minimum absolute atomic E-state index is 0.0376. The summed E-state index contributed by atoms with van der Waals surface area (Å²) in [6, 6.07) is 14.5. The van der Waals surface area contributed by atoms with Crippen LogP contribution in [0.5, 0.6) is 5.75 Å². The van der Waals surface area contributed by atoms with Crippen molar-refractivity contribution < 1.29 is 13.9 Å². The molecular weight excluding hydrogens is 355 g/mol. The molecule has 0 aromatic heterocycles. The van der Waals surface area contributed by atoms with Crippen LogP contribution in [-0.4, -0.2) is 36.5 Å². The number of para-hydroxylation sites is 1. The Morgan fingerprint density at radius 2 is 1.86 bits per heavy atom. The molecule has 1 amide bonds. The van der Waals surface area contributed by atoms with E-state index in [0.717, 1.165) is 49.4 Å². The van der Waals surface area contributed by atoms with E-state index in [1.165, 1.54) is 12.1 Å². The summed E-state index contributed by atoms with van der Waals surface area (Å²) in [7, 11) is 0. The Morgan fingerprint density at radius 3 is 2.54 bits per heavy atom. The summed E-state index contributed by atoms with van der Waals surface area (Å²) in [6.45, 7) is 7.00. The van der Waals surface area contributed by atoms with Crippen LogP contribution in [0.15, 0.2) is 48.5 Å². The lowest BCUT2D eigenvalue weighted by molar-refractivity contribution is -0.127. The third-order valence-corrected chi connectivity index (χ3v) is 5.25. The fraction of sp³-hybridized carbons (Fsp3) is 0.435. The minimum Gasteiger partial charge on any atom is -0.491 e. The van der Waals surface area contributed by atoms with E-state index in [-0.39, 0.29) is 23.7 Å². The summed E-state index contributed by atoms with van der Waals surface area (Å²) in [6.07, 6.45) is 1.69. The molecule has 4 nitrogen and oxygen atoms in total. The third kappa shape index (κ3) is 5.80. The van der Waals surface area contributed by atoms with Gasteiger partial charge in [0.2, 0.25) is 5.91 Å². The van der Waals surface area contributed by atoms with Gasteiger partial charge < -0.3 is 10.1 Å². The molecule has 1 saturated heterocycles. The molecule has 3 rings (SSSR count). The predicted octanol–water partition coefficient (Wildman–Crippen LogP) is 3.93. The highest BCUT2D eigenvalue weighted by atomic mass is 19.1. The molecule has 1 N–H and O–H groups in total. The molecule has 1 atom stereocenters. The van der Waals surface area contributed by atoms with Crippen molar-refractivity contribution in [2.24, 2.45) is 5.92 Å². The lowest BCUT2D eigenvalue weighted by Crippen LogP contribution is -2.44. The van der Waals surface area contributed by atoms with Crippen molar-refractivity contribution in [2.45, 2.75) is 39.3 Å². The number of hydrogen-bond acceptors (Lipinski definition) is 3. The van der Waals surface area contributed by atoms with Gasteiger partial charge in [-0.2, -0.15) is 0 Å². The molecule has 1 aliphatic rings. The normalized spacial score (nSPS) is 16.5. The maximum Gasteiger partial charge on any atom is 0.223 e. The molecule has 5 heteroatoms. The molecule has 28 heavy (non-hydrogen) atoms. The van der Waals surface area contributed by atoms with E-state index >= 15 is 0 Å². The van der Waals surface area contributed by atoms with Gasteiger partial charge in [0.1, 0.15) is 18.2 Å². The molecule has 0 aliphatic carbocycles. The fourth-order valence-electron chi connectivity index (χ4n) is 3.54. The second-order valence-corrected chi connectivity index (χ2v) is 7.66. The van der Waals surface area contributed by atoms with Gasteiger partial charge in [-0.05, 0) is 69.1 Å². The summed E-state index contributed by atoms with van der Waals surface area (Å²) in [5.41, 5.74) is 2.20. The predicted molar refractivity (Wildman–Crippen MR) is 109 cm³/mol. The summed E-state index contributed by atoms with van der Waals surface area (Å²) in [5.74, 6) is 0.810. The summed E-state index contributed by atoms with van der Waals surface area (Å²) >= 11 is 0. The number of amides is 1. The van der Waals surface area contributed by atoms with Crippen molar-refractivity contribution in [1.29, 1.82) is 0 Å². The number of nitrogens with zero attached hydrogens (tertiary/aromatic N) is 1. The van der Waals surface area contributed by atoms with E-state index in [1.54, 1.807) is 0 Å². The molecular formula is C23H29FN2O2. The largest absolute Gasteiger partial charge is 0.491 e. The number of halogens is 1. The Kier molecular flexibility index (Phi) is 7.04. The zero-order valence-corrected chi connectivity index (χ0v) is 16.7. The molecule has 0 spiro atoms. The van der Waals surface area contributed by atoms with E-state index < -0.39 is 0 Å². The number of rotatable bonds is 7. The van der Waals surface area contributed by atoms with Crippen LogP contribution in [0.4, 0.5) is 4.39 Å². The van der Waals surface area contributed by atoms with Crippen molar-refractivity contribution in [3.8, 4) is 5.75 Å². The van der Waals surface area contributed by atoms with Gasteiger partial charge in [0, 0.05) is 12.5 Å². The lowest BCUT2D eigenvalue weighted by atomic mass is 9.95. The molecule has 2 aromatic rings. The SMILES string of the molecule is Cc1ccccc1OC[C@H](C)NC(=O)C1CCN(Cc2ccc(F)cc2)CC1.